The van der Waals surface area contributed by atoms with E-state index in [-0.39, 0.29) is 12.3 Å². The van der Waals surface area contributed by atoms with Gasteiger partial charge in [0, 0.05) is 19.2 Å². The highest BCUT2D eigenvalue weighted by molar-refractivity contribution is 5.96. The third kappa shape index (κ3) is 2.73. The van der Waals surface area contributed by atoms with Crippen LogP contribution in [0.2, 0.25) is 0 Å². The lowest BCUT2D eigenvalue weighted by molar-refractivity contribution is -0.143. The van der Waals surface area contributed by atoms with Gasteiger partial charge in [-0.1, -0.05) is 6.92 Å². The molecule has 0 radical (unpaired) electrons. The van der Waals surface area contributed by atoms with Crippen molar-refractivity contribution < 1.29 is 14.7 Å². The van der Waals surface area contributed by atoms with Crippen LogP contribution >= 0.6 is 0 Å². The average Bonchev–Trinajstić information content (AvgIpc) is 2.84. The van der Waals surface area contributed by atoms with Crippen molar-refractivity contribution in [2.24, 2.45) is 5.92 Å². The van der Waals surface area contributed by atoms with E-state index in [1.165, 1.54) is 11.8 Å². The maximum atomic E-state index is 12.0. The average molecular weight is 261 g/mol. The predicted molar refractivity (Wildman–Crippen MR) is 70.9 cm³/mol. The van der Waals surface area contributed by atoms with Crippen LogP contribution in [0.25, 0.3) is 11.0 Å². The topological polar surface area (TPSA) is 86.3 Å². The van der Waals surface area contributed by atoms with Crippen molar-refractivity contribution in [3.05, 3.63) is 24.5 Å². The number of imidazole rings is 1. The molecule has 0 saturated carbocycles. The number of hydrogen-bond acceptors (Lipinski definition) is 3. The summed E-state index contributed by atoms with van der Waals surface area (Å²) < 4.78 is 0. The number of nitrogens with one attached hydrogen (secondary N) is 1. The van der Waals surface area contributed by atoms with E-state index in [0.29, 0.717) is 5.69 Å². The zero-order valence-corrected chi connectivity index (χ0v) is 10.8. The quantitative estimate of drug-likeness (QED) is 0.875. The fraction of sp³-hybridized carbons (Fsp3) is 0.308. The lowest BCUT2D eigenvalue weighted by atomic mass is 10.1. The lowest BCUT2D eigenvalue weighted by Crippen LogP contribution is -2.29. The van der Waals surface area contributed by atoms with Crippen LogP contribution in [-0.4, -0.2) is 34.0 Å². The molecule has 0 aliphatic heterocycles. The van der Waals surface area contributed by atoms with E-state index in [1.54, 1.807) is 19.4 Å². The second kappa shape index (κ2) is 5.09. The van der Waals surface area contributed by atoms with Crippen LogP contribution < -0.4 is 4.90 Å². The molecular formula is C13H15N3O3. The summed E-state index contributed by atoms with van der Waals surface area (Å²) in [4.78, 5) is 31.2. The second-order valence-corrected chi connectivity index (χ2v) is 4.50. The van der Waals surface area contributed by atoms with Crippen LogP contribution in [0.15, 0.2) is 24.5 Å². The summed E-state index contributed by atoms with van der Waals surface area (Å²) in [5, 5.41) is 8.81. The summed E-state index contributed by atoms with van der Waals surface area (Å²) in [6.45, 7) is 1.52. The summed E-state index contributed by atoms with van der Waals surface area (Å²) in [5.41, 5.74) is 2.37. The smallest absolute Gasteiger partial charge is 0.306 e. The number of amides is 1. The van der Waals surface area contributed by atoms with Crippen LogP contribution in [0, 0.1) is 5.92 Å². The second-order valence-electron chi connectivity index (χ2n) is 4.50. The first-order valence-corrected chi connectivity index (χ1v) is 5.91. The molecule has 0 bridgehead atoms. The number of aliphatic carboxylic acids is 1. The largest absolute Gasteiger partial charge is 0.481 e. The van der Waals surface area contributed by atoms with Gasteiger partial charge in [-0.3, -0.25) is 9.59 Å². The molecule has 1 unspecified atom stereocenters. The van der Waals surface area contributed by atoms with Gasteiger partial charge in [-0.05, 0) is 18.2 Å². The molecule has 0 aliphatic rings. The highest BCUT2D eigenvalue weighted by Gasteiger charge is 2.19. The number of H-pyrrole nitrogens is 1. The van der Waals surface area contributed by atoms with E-state index in [9.17, 15) is 9.59 Å². The van der Waals surface area contributed by atoms with Crippen molar-refractivity contribution in [3.8, 4) is 0 Å². The number of benzene rings is 1. The van der Waals surface area contributed by atoms with Gasteiger partial charge in [-0.2, -0.15) is 0 Å². The van der Waals surface area contributed by atoms with Crippen LogP contribution in [0.3, 0.4) is 0 Å². The Morgan fingerprint density at radius 3 is 2.89 bits per heavy atom. The van der Waals surface area contributed by atoms with Crippen molar-refractivity contribution >= 4 is 28.6 Å². The van der Waals surface area contributed by atoms with Gasteiger partial charge in [-0.25, -0.2) is 4.98 Å². The van der Waals surface area contributed by atoms with E-state index >= 15 is 0 Å². The standard InChI is InChI=1S/C13H15N3O3/c1-8(13(18)19)5-12(17)16(2)9-3-4-10-11(6-9)15-7-14-10/h3-4,6-8H,5H2,1-2H3,(H,14,15)(H,18,19). The van der Waals surface area contributed by atoms with Crippen molar-refractivity contribution in [2.45, 2.75) is 13.3 Å². The molecule has 2 N–H and O–H groups in total. The first kappa shape index (κ1) is 13.1. The van der Waals surface area contributed by atoms with Crippen LogP contribution in [-0.2, 0) is 9.59 Å². The van der Waals surface area contributed by atoms with Crippen molar-refractivity contribution in [1.29, 1.82) is 0 Å². The van der Waals surface area contributed by atoms with Crippen molar-refractivity contribution in [3.63, 3.8) is 0 Å². The fourth-order valence-electron chi connectivity index (χ4n) is 1.76. The van der Waals surface area contributed by atoms with E-state index in [4.69, 9.17) is 5.11 Å². The molecule has 100 valence electrons. The Morgan fingerprint density at radius 2 is 2.21 bits per heavy atom. The number of carbonyl (C=O) groups excluding carboxylic acids is 1. The van der Waals surface area contributed by atoms with Gasteiger partial charge in [0.25, 0.3) is 0 Å². The maximum absolute atomic E-state index is 12.0. The summed E-state index contributed by atoms with van der Waals surface area (Å²) in [5.74, 6) is -1.88. The maximum Gasteiger partial charge on any atom is 0.306 e. The molecule has 2 aromatic rings. The molecule has 1 aromatic carbocycles. The van der Waals surface area contributed by atoms with Crippen LogP contribution in [0.1, 0.15) is 13.3 Å². The minimum Gasteiger partial charge on any atom is -0.481 e. The number of hydrogen-bond donors (Lipinski definition) is 2. The number of carboxylic acids is 1. The van der Waals surface area contributed by atoms with Crippen LogP contribution in [0.5, 0.6) is 0 Å². The van der Waals surface area contributed by atoms with Crippen LogP contribution in [0.4, 0.5) is 5.69 Å². The van der Waals surface area contributed by atoms with Gasteiger partial charge in [0.2, 0.25) is 5.91 Å². The third-order valence-electron chi connectivity index (χ3n) is 3.07. The Labute approximate surface area is 110 Å². The molecule has 1 atom stereocenters. The summed E-state index contributed by atoms with van der Waals surface area (Å²) in [6, 6.07) is 5.41. The Balaban J connectivity index is 2.16. The van der Waals surface area contributed by atoms with Gasteiger partial charge in [0.05, 0.1) is 23.3 Å². The molecule has 0 aliphatic carbocycles. The van der Waals surface area contributed by atoms with Gasteiger partial charge in [0.15, 0.2) is 0 Å². The first-order valence-electron chi connectivity index (χ1n) is 5.91. The predicted octanol–water partition coefficient (Wildman–Crippen LogP) is 1.64. The fourth-order valence-corrected chi connectivity index (χ4v) is 1.76. The zero-order chi connectivity index (χ0) is 14.0. The lowest BCUT2D eigenvalue weighted by Gasteiger charge is -2.18. The molecule has 0 fully saturated rings. The number of anilines is 1. The molecule has 19 heavy (non-hydrogen) atoms. The molecule has 0 saturated heterocycles. The number of carboxylic acid groups (broad SMARTS) is 1. The summed E-state index contributed by atoms with van der Waals surface area (Å²) in [7, 11) is 1.63. The van der Waals surface area contributed by atoms with E-state index in [2.05, 4.69) is 9.97 Å². The molecule has 1 amide bonds. The number of fused-ring (bicyclic) bond motifs is 1. The normalized spacial score (nSPS) is 12.3. The zero-order valence-electron chi connectivity index (χ0n) is 10.8. The van der Waals surface area contributed by atoms with Gasteiger partial charge in [-0.15, -0.1) is 0 Å². The third-order valence-corrected chi connectivity index (χ3v) is 3.07. The molecule has 6 heteroatoms. The molecule has 0 spiro atoms. The van der Waals surface area contributed by atoms with Crippen molar-refractivity contribution in [1.82, 2.24) is 9.97 Å². The molecule has 1 aromatic heterocycles. The SMILES string of the molecule is CC(CC(=O)N(C)c1ccc2nc[nH]c2c1)C(=O)O. The first-order chi connectivity index (χ1) is 8.99. The Bertz CT molecular complexity index is 620. The van der Waals surface area contributed by atoms with Gasteiger partial charge in [0.1, 0.15) is 0 Å². The number of rotatable bonds is 4. The summed E-state index contributed by atoms with van der Waals surface area (Å²) in [6.07, 6.45) is 1.57. The molecule has 2 rings (SSSR count). The Hall–Kier alpha value is -2.37. The molecule has 6 nitrogen and oxygen atoms in total. The van der Waals surface area contributed by atoms with Crippen molar-refractivity contribution in [2.75, 3.05) is 11.9 Å². The van der Waals surface area contributed by atoms with Gasteiger partial charge < -0.3 is 15.0 Å². The highest BCUT2D eigenvalue weighted by atomic mass is 16.4. The number of aromatic amines is 1. The van der Waals surface area contributed by atoms with E-state index in [0.717, 1.165) is 11.0 Å². The number of nitrogens with zero attached hydrogens (tertiary/aromatic N) is 2. The molecule has 1 heterocycles. The monoisotopic (exact) mass is 261 g/mol. The van der Waals surface area contributed by atoms with E-state index in [1.807, 2.05) is 12.1 Å². The minimum atomic E-state index is -0.967. The number of aromatic nitrogens is 2. The minimum absolute atomic E-state index is 0.0210. The Kier molecular flexibility index (Phi) is 3.50. The van der Waals surface area contributed by atoms with E-state index < -0.39 is 11.9 Å². The highest BCUT2D eigenvalue weighted by Crippen LogP contribution is 2.20. The summed E-state index contributed by atoms with van der Waals surface area (Å²) >= 11 is 0. The number of carbonyl (C=O) groups is 2. The molecular weight excluding hydrogens is 246 g/mol. The Morgan fingerprint density at radius 1 is 1.47 bits per heavy atom. The van der Waals surface area contributed by atoms with Gasteiger partial charge >= 0.3 is 5.97 Å².